The fourth-order valence-corrected chi connectivity index (χ4v) is 4.18. The van der Waals surface area contributed by atoms with Gasteiger partial charge in [0.05, 0.1) is 12.6 Å². The number of nitrogens with zero attached hydrogens (tertiary/aromatic N) is 1. The molecular formula is C14H18N2O2S. The van der Waals surface area contributed by atoms with Crippen molar-refractivity contribution < 1.29 is 9.59 Å². The third-order valence-electron chi connectivity index (χ3n) is 4.08. The van der Waals surface area contributed by atoms with Crippen LogP contribution < -0.4 is 5.32 Å². The van der Waals surface area contributed by atoms with Crippen LogP contribution in [0.4, 0.5) is 0 Å². The van der Waals surface area contributed by atoms with Gasteiger partial charge in [-0.05, 0) is 42.7 Å². The molecule has 2 heterocycles. The van der Waals surface area contributed by atoms with Crippen molar-refractivity contribution in [1.82, 2.24) is 10.2 Å². The first kappa shape index (κ1) is 12.7. The van der Waals surface area contributed by atoms with E-state index < -0.39 is 0 Å². The largest absolute Gasteiger partial charge is 0.345 e. The van der Waals surface area contributed by atoms with E-state index in [-0.39, 0.29) is 30.4 Å². The van der Waals surface area contributed by atoms with E-state index >= 15 is 0 Å². The summed E-state index contributed by atoms with van der Waals surface area (Å²) in [5.41, 5.74) is 1.26. The Bertz CT molecular complexity index is 511. The van der Waals surface area contributed by atoms with Crippen molar-refractivity contribution in [3.8, 4) is 0 Å². The maximum Gasteiger partial charge on any atom is 0.243 e. The molecule has 2 aliphatic rings. The lowest BCUT2D eigenvalue weighted by Gasteiger charge is -2.41. The number of thiophene rings is 1. The van der Waals surface area contributed by atoms with Gasteiger partial charge in [-0.3, -0.25) is 9.59 Å². The molecule has 4 nitrogen and oxygen atoms in total. The maximum atomic E-state index is 12.3. The molecule has 1 aromatic heterocycles. The van der Waals surface area contributed by atoms with Gasteiger partial charge in [0.1, 0.15) is 6.04 Å². The summed E-state index contributed by atoms with van der Waals surface area (Å²) in [5, 5.41) is 4.79. The molecule has 1 fully saturated rings. The second-order valence-corrected chi connectivity index (χ2v) is 6.15. The maximum absolute atomic E-state index is 12.3. The minimum atomic E-state index is -0.308. The summed E-state index contributed by atoms with van der Waals surface area (Å²) in [6.45, 7) is 2.11. The Hall–Kier alpha value is -1.36. The SMILES string of the molecule is CCC1C(=O)NCC(=O)N1C1CCCc2sccc21. The second kappa shape index (κ2) is 4.96. The fraction of sp³-hybridized carbons (Fsp3) is 0.571. The number of carbonyl (C=O) groups excluding carboxylic acids is 2. The quantitative estimate of drug-likeness (QED) is 0.897. The zero-order valence-electron chi connectivity index (χ0n) is 11.0. The number of rotatable bonds is 2. The number of fused-ring (bicyclic) bond motifs is 1. The first-order valence-corrected chi connectivity index (χ1v) is 7.75. The van der Waals surface area contributed by atoms with Gasteiger partial charge in [0.25, 0.3) is 0 Å². The van der Waals surface area contributed by atoms with Crippen LogP contribution in [0.15, 0.2) is 11.4 Å². The van der Waals surface area contributed by atoms with Gasteiger partial charge in [0.2, 0.25) is 11.8 Å². The molecule has 2 unspecified atom stereocenters. The molecule has 102 valence electrons. The van der Waals surface area contributed by atoms with Crippen LogP contribution in [-0.2, 0) is 16.0 Å². The predicted molar refractivity (Wildman–Crippen MR) is 73.9 cm³/mol. The zero-order valence-corrected chi connectivity index (χ0v) is 11.8. The van der Waals surface area contributed by atoms with Crippen molar-refractivity contribution >= 4 is 23.2 Å². The number of carbonyl (C=O) groups is 2. The summed E-state index contributed by atoms with van der Waals surface area (Å²) in [6, 6.07) is 1.91. The van der Waals surface area contributed by atoms with Gasteiger partial charge < -0.3 is 10.2 Å². The summed E-state index contributed by atoms with van der Waals surface area (Å²) in [4.78, 5) is 27.4. The summed E-state index contributed by atoms with van der Waals surface area (Å²) >= 11 is 1.77. The lowest BCUT2D eigenvalue weighted by molar-refractivity contribution is -0.149. The van der Waals surface area contributed by atoms with Crippen LogP contribution in [0.5, 0.6) is 0 Å². The van der Waals surface area contributed by atoms with Gasteiger partial charge in [-0.25, -0.2) is 0 Å². The van der Waals surface area contributed by atoms with Crippen molar-refractivity contribution in [2.24, 2.45) is 0 Å². The summed E-state index contributed by atoms with van der Waals surface area (Å²) in [5.74, 6) is 0.0416. The van der Waals surface area contributed by atoms with Crippen molar-refractivity contribution in [2.75, 3.05) is 6.54 Å². The normalized spacial score (nSPS) is 27.1. The number of hydrogen-bond acceptors (Lipinski definition) is 3. The van der Waals surface area contributed by atoms with Crippen LogP contribution in [-0.4, -0.2) is 29.3 Å². The van der Waals surface area contributed by atoms with Crippen LogP contribution in [0, 0.1) is 0 Å². The van der Waals surface area contributed by atoms with Gasteiger partial charge in [-0.15, -0.1) is 11.3 Å². The molecule has 1 aliphatic carbocycles. The van der Waals surface area contributed by atoms with Crippen molar-refractivity contribution in [3.05, 3.63) is 21.9 Å². The molecule has 0 bridgehead atoms. The zero-order chi connectivity index (χ0) is 13.4. The van der Waals surface area contributed by atoms with E-state index in [1.807, 2.05) is 11.8 Å². The third kappa shape index (κ3) is 2.06. The number of aryl methyl sites for hydroxylation is 1. The van der Waals surface area contributed by atoms with Crippen molar-refractivity contribution in [3.63, 3.8) is 0 Å². The summed E-state index contributed by atoms with van der Waals surface area (Å²) in [6.07, 6.45) is 3.85. The molecule has 1 saturated heterocycles. The van der Waals surface area contributed by atoms with Gasteiger partial charge >= 0.3 is 0 Å². The lowest BCUT2D eigenvalue weighted by atomic mass is 9.90. The van der Waals surface area contributed by atoms with E-state index in [4.69, 9.17) is 0 Å². The molecule has 0 radical (unpaired) electrons. The Kier molecular flexibility index (Phi) is 3.31. The van der Waals surface area contributed by atoms with Crippen molar-refractivity contribution in [1.29, 1.82) is 0 Å². The monoisotopic (exact) mass is 278 g/mol. The minimum absolute atomic E-state index is 0.00977. The van der Waals surface area contributed by atoms with Crippen LogP contribution in [0.3, 0.4) is 0 Å². The van der Waals surface area contributed by atoms with Crippen LogP contribution in [0.25, 0.3) is 0 Å². The lowest BCUT2D eigenvalue weighted by Crippen LogP contribution is -2.59. The molecule has 5 heteroatoms. The average molecular weight is 278 g/mol. The summed E-state index contributed by atoms with van der Waals surface area (Å²) < 4.78 is 0. The highest BCUT2D eigenvalue weighted by Crippen LogP contribution is 2.39. The highest BCUT2D eigenvalue weighted by molar-refractivity contribution is 7.10. The van der Waals surface area contributed by atoms with Gasteiger partial charge in [0, 0.05) is 4.88 Å². The molecular weight excluding hydrogens is 260 g/mol. The molecule has 1 aliphatic heterocycles. The van der Waals surface area contributed by atoms with Crippen LogP contribution >= 0.6 is 11.3 Å². The molecule has 19 heavy (non-hydrogen) atoms. The Balaban J connectivity index is 1.96. The van der Waals surface area contributed by atoms with E-state index in [1.54, 1.807) is 11.3 Å². The van der Waals surface area contributed by atoms with Gasteiger partial charge in [-0.2, -0.15) is 0 Å². The van der Waals surface area contributed by atoms with E-state index in [9.17, 15) is 9.59 Å². The molecule has 2 atom stereocenters. The Morgan fingerprint density at radius 1 is 1.47 bits per heavy atom. The highest BCUT2D eigenvalue weighted by atomic mass is 32.1. The molecule has 3 rings (SSSR count). The Labute approximate surface area is 116 Å². The first-order valence-electron chi connectivity index (χ1n) is 6.87. The standard InChI is InChI=1S/C14H18N2O2S/c1-2-10-14(18)15-8-13(17)16(10)11-4-3-5-12-9(11)6-7-19-12/h6-7,10-11H,2-5,8H2,1H3,(H,15,18). The minimum Gasteiger partial charge on any atom is -0.345 e. The molecule has 1 aromatic rings. The van der Waals surface area contributed by atoms with Gasteiger partial charge in [-0.1, -0.05) is 6.92 Å². The van der Waals surface area contributed by atoms with E-state index in [0.717, 1.165) is 19.3 Å². The highest BCUT2D eigenvalue weighted by Gasteiger charge is 2.39. The van der Waals surface area contributed by atoms with E-state index in [2.05, 4.69) is 16.8 Å². The molecule has 2 amide bonds. The van der Waals surface area contributed by atoms with E-state index in [1.165, 1.54) is 10.4 Å². The smallest absolute Gasteiger partial charge is 0.243 e. The van der Waals surface area contributed by atoms with Crippen LogP contribution in [0.1, 0.15) is 42.7 Å². The molecule has 0 spiro atoms. The molecule has 0 saturated carbocycles. The summed E-state index contributed by atoms with van der Waals surface area (Å²) in [7, 11) is 0. The molecule has 1 N–H and O–H groups in total. The first-order chi connectivity index (χ1) is 9.22. The molecule has 0 aromatic carbocycles. The Morgan fingerprint density at radius 2 is 2.32 bits per heavy atom. The number of amides is 2. The van der Waals surface area contributed by atoms with Crippen molar-refractivity contribution in [2.45, 2.75) is 44.7 Å². The van der Waals surface area contributed by atoms with E-state index in [0.29, 0.717) is 6.42 Å². The average Bonchev–Trinajstić information content (AvgIpc) is 2.89. The number of hydrogen-bond donors (Lipinski definition) is 1. The number of piperazine rings is 1. The Morgan fingerprint density at radius 3 is 3.11 bits per heavy atom. The number of nitrogens with one attached hydrogen (secondary N) is 1. The second-order valence-electron chi connectivity index (χ2n) is 5.15. The fourth-order valence-electron chi connectivity index (χ4n) is 3.20. The van der Waals surface area contributed by atoms with Crippen LogP contribution in [0.2, 0.25) is 0 Å². The predicted octanol–water partition coefficient (Wildman–Crippen LogP) is 1.86. The van der Waals surface area contributed by atoms with Gasteiger partial charge in [0.15, 0.2) is 0 Å². The topological polar surface area (TPSA) is 49.4 Å². The third-order valence-corrected chi connectivity index (χ3v) is 5.08.